The van der Waals surface area contributed by atoms with Crippen LogP contribution in [0, 0.1) is 0 Å². The Morgan fingerprint density at radius 2 is 1.79 bits per heavy atom. The van der Waals surface area contributed by atoms with Gasteiger partial charge < -0.3 is 10.9 Å². The standard InChI is InChI=1S/C11H24N4O3S/c1-10(2)19(17,18)8-7-14-3-5-15(6-4-14)9-11(12)13-16/h10,16H,3-9H2,1-2H3,(H2,12,13). The van der Waals surface area contributed by atoms with E-state index >= 15 is 0 Å². The van der Waals surface area contributed by atoms with Crippen LogP contribution in [0.4, 0.5) is 0 Å². The maximum atomic E-state index is 11.7. The average molecular weight is 292 g/mol. The van der Waals surface area contributed by atoms with E-state index in [4.69, 9.17) is 10.9 Å². The smallest absolute Gasteiger partial charge is 0.153 e. The van der Waals surface area contributed by atoms with Crippen molar-refractivity contribution < 1.29 is 13.6 Å². The van der Waals surface area contributed by atoms with Crippen LogP contribution in [0.3, 0.4) is 0 Å². The van der Waals surface area contributed by atoms with Gasteiger partial charge in [-0.1, -0.05) is 5.16 Å². The first kappa shape index (κ1) is 16.2. The normalized spacial score (nSPS) is 20.1. The van der Waals surface area contributed by atoms with Crippen LogP contribution in [-0.4, -0.2) is 79.5 Å². The Morgan fingerprint density at radius 1 is 1.26 bits per heavy atom. The van der Waals surface area contributed by atoms with E-state index in [1.165, 1.54) is 0 Å². The number of rotatable bonds is 6. The second-order valence-corrected chi connectivity index (χ2v) is 7.80. The van der Waals surface area contributed by atoms with Gasteiger partial charge in [0.1, 0.15) is 0 Å². The van der Waals surface area contributed by atoms with Crippen LogP contribution in [0.1, 0.15) is 13.8 Å². The van der Waals surface area contributed by atoms with Gasteiger partial charge in [0.25, 0.3) is 0 Å². The molecule has 1 aliphatic heterocycles. The van der Waals surface area contributed by atoms with Crippen LogP contribution in [0.15, 0.2) is 5.16 Å². The summed E-state index contributed by atoms with van der Waals surface area (Å²) in [5, 5.41) is 11.1. The molecule has 19 heavy (non-hydrogen) atoms. The zero-order valence-electron chi connectivity index (χ0n) is 11.6. The molecule has 0 aromatic rings. The summed E-state index contributed by atoms with van der Waals surface area (Å²) < 4.78 is 23.4. The number of piperazine rings is 1. The summed E-state index contributed by atoms with van der Waals surface area (Å²) >= 11 is 0. The molecule has 1 rings (SSSR count). The summed E-state index contributed by atoms with van der Waals surface area (Å²) in [4.78, 5) is 4.23. The van der Waals surface area contributed by atoms with E-state index < -0.39 is 9.84 Å². The molecular weight excluding hydrogens is 268 g/mol. The fourth-order valence-electron chi connectivity index (χ4n) is 1.92. The van der Waals surface area contributed by atoms with Gasteiger partial charge in [-0.2, -0.15) is 0 Å². The minimum atomic E-state index is -2.96. The Morgan fingerprint density at radius 3 is 2.26 bits per heavy atom. The first-order chi connectivity index (χ1) is 8.85. The van der Waals surface area contributed by atoms with Crippen LogP contribution >= 0.6 is 0 Å². The van der Waals surface area contributed by atoms with Crippen molar-refractivity contribution >= 4 is 15.7 Å². The van der Waals surface area contributed by atoms with E-state index in [1.54, 1.807) is 13.8 Å². The predicted octanol–water partition coefficient (Wildman–Crippen LogP) is -0.826. The van der Waals surface area contributed by atoms with Crippen molar-refractivity contribution in [1.82, 2.24) is 9.80 Å². The van der Waals surface area contributed by atoms with E-state index in [2.05, 4.69) is 15.0 Å². The highest BCUT2D eigenvalue weighted by Gasteiger charge is 2.21. The van der Waals surface area contributed by atoms with Crippen molar-refractivity contribution in [3.05, 3.63) is 0 Å². The third-order valence-electron chi connectivity index (χ3n) is 3.39. The lowest BCUT2D eigenvalue weighted by Gasteiger charge is -2.34. The van der Waals surface area contributed by atoms with Crippen LogP contribution in [0.5, 0.6) is 0 Å². The first-order valence-corrected chi connectivity index (χ1v) is 8.19. The van der Waals surface area contributed by atoms with Crippen molar-refractivity contribution in [2.75, 3.05) is 45.0 Å². The number of oxime groups is 1. The van der Waals surface area contributed by atoms with Gasteiger partial charge in [0.2, 0.25) is 0 Å². The Bertz CT molecular complexity index is 400. The first-order valence-electron chi connectivity index (χ1n) is 6.48. The molecule has 0 radical (unpaired) electrons. The quantitative estimate of drug-likeness (QED) is 0.287. The van der Waals surface area contributed by atoms with E-state index in [1.807, 2.05) is 0 Å². The highest BCUT2D eigenvalue weighted by atomic mass is 32.2. The van der Waals surface area contributed by atoms with Crippen LogP contribution < -0.4 is 5.73 Å². The second-order valence-electron chi connectivity index (χ2n) is 5.12. The molecule has 0 spiro atoms. The summed E-state index contributed by atoms with van der Waals surface area (Å²) in [6, 6.07) is 0. The van der Waals surface area contributed by atoms with Gasteiger partial charge in [-0.3, -0.25) is 9.80 Å². The molecule has 0 aromatic heterocycles. The van der Waals surface area contributed by atoms with Crippen molar-refractivity contribution in [2.24, 2.45) is 10.9 Å². The number of nitrogens with zero attached hydrogens (tertiary/aromatic N) is 3. The molecule has 1 fully saturated rings. The maximum Gasteiger partial charge on any atom is 0.153 e. The summed E-state index contributed by atoms with van der Waals surface area (Å²) in [5.74, 6) is 0.418. The number of sulfone groups is 1. The monoisotopic (exact) mass is 292 g/mol. The number of hydrogen-bond acceptors (Lipinski definition) is 6. The fourth-order valence-corrected chi connectivity index (χ4v) is 2.91. The van der Waals surface area contributed by atoms with Crippen LogP contribution in [-0.2, 0) is 9.84 Å². The van der Waals surface area contributed by atoms with E-state index in [9.17, 15) is 8.42 Å². The summed E-state index contributed by atoms with van der Waals surface area (Å²) in [5.41, 5.74) is 5.45. The summed E-state index contributed by atoms with van der Waals surface area (Å²) in [7, 11) is -2.96. The summed E-state index contributed by atoms with van der Waals surface area (Å²) in [6.07, 6.45) is 0. The van der Waals surface area contributed by atoms with Gasteiger partial charge in [0.05, 0.1) is 17.5 Å². The third-order valence-corrected chi connectivity index (χ3v) is 5.58. The van der Waals surface area contributed by atoms with Gasteiger partial charge in [0, 0.05) is 32.7 Å². The SMILES string of the molecule is CC(C)S(=O)(=O)CCN1CCN(CC(N)=NO)CC1. The van der Waals surface area contributed by atoms with Crippen molar-refractivity contribution in [3.63, 3.8) is 0 Å². The highest BCUT2D eigenvalue weighted by Crippen LogP contribution is 2.05. The molecular formula is C11H24N4O3S. The Labute approximate surface area is 115 Å². The van der Waals surface area contributed by atoms with Crippen molar-refractivity contribution in [2.45, 2.75) is 19.1 Å². The van der Waals surface area contributed by atoms with Gasteiger partial charge >= 0.3 is 0 Å². The van der Waals surface area contributed by atoms with Gasteiger partial charge in [-0.25, -0.2) is 8.42 Å². The zero-order valence-corrected chi connectivity index (χ0v) is 12.4. The zero-order chi connectivity index (χ0) is 14.5. The molecule has 0 unspecified atom stereocenters. The molecule has 0 atom stereocenters. The minimum absolute atomic E-state index is 0.204. The molecule has 1 aliphatic rings. The fraction of sp³-hybridized carbons (Fsp3) is 0.909. The van der Waals surface area contributed by atoms with E-state index in [-0.39, 0.29) is 16.8 Å². The molecule has 0 saturated carbocycles. The number of nitrogens with two attached hydrogens (primary N) is 1. The van der Waals surface area contributed by atoms with Gasteiger partial charge in [-0.15, -0.1) is 0 Å². The third kappa shape index (κ3) is 5.33. The van der Waals surface area contributed by atoms with Gasteiger partial charge in [-0.05, 0) is 13.8 Å². The molecule has 1 heterocycles. The van der Waals surface area contributed by atoms with Crippen molar-refractivity contribution in [1.29, 1.82) is 0 Å². The predicted molar refractivity (Wildman–Crippen MR) is 75.2 cm³/mol. The maximum absolute atomic E-state index is 11.7. The molecule has 1 saturated heterocycles. The van der Waals surface area contributed by atoms with Crippen molar-refractivity contribution in [3.8, 4) is 0 Å². The van der Waals surface area contributed by atoms with Crippen LogP contribution in [0.25, 0.3) is 0 Å². The molecule has 112 valence electrons. The minimum Gasteiger partial charge on any atom is -0.409 e. The Hall–Kier alpha value is -0.860. The number of amidine groups is 1. The Balaban J connectivity index is 2.31. The van der Waals surface area contributed by atoms with E-state index in [0.717, 1.165) is 26.2 Å². The molecule has 8 heteroatoms. The largest absolute Gasteiger partial charge is 0.409 e. The highest BCUT2D eigenvalue weighted by molar-refractivity contribution is 7.92. The molecule has 7 nitrogen and oxygen atoms in total. The molecule has 0 bridgehead atoms. The lowest BCUT2D eigenvalue weighted by Crippen LogP contribution is -2.49. The lowest BCUT2D eigenvalue weighted by molar-refractivity contribution is 0.150. The second kappa shape index (κ2) is 7.06. The molecule has 0 aliphatic carbocycles. The molecule has 0 amide bonds. The lowest BCUT2D eigenvalue weighted by atomic mass is 10.3. The number of hydrogen-bond donors (Lipinski definition) is 2. The Kier molecular flexibility index (Phi) is 6.02. The molecule has 0 aromatic carbocycles. The average Bonchev–Trinajstić information content (AvgIpc) is 2.37. The van der Waals surface area contributed by atoms with Gasteiger partial charge in [0.15, 0.2) is 15.7 Å². The van der Waals surface area contributed by atoms with Crippen LogP contribution in [0.2, 0.25) is 0 Å². The topological polar surface area (TPSA) is 99.2 Å². The van der Waals surface area contributed by atoms with E-state index in [0.29, 0.717) is 13.1 Å². The summed E-state index contributed by atoms with van der Waals surface area (Å²) in [6.45, 7) is 7.69. The molecule has 3 N–H and O–H groups in total.